The van der Waals surface area contributed by atoms with E-state index in [4.69, 9.17) is 4.74 Å². The summed E-state index contributed by atoms with van der Waals surface area (Å²) in [5.41, 5.74) is 0.717. The molecular formula is C17H21NO4. The SMILES string of the molecule is CCCCC(C(=O)OCCC)N1C(=O)c2ccccc2C1=O. The summed E-state index contributed by atoms with van der Waals surface area (Å²) < 4.78 is 5.17. The van der Waals surface area contributed by atoms with E-state index in [2.05, 4.69) is 0 Å². The van der Waals surface area contributed by atoms with Crippen molar-refractivity contribution in [3.63, 3.8) is 0 Å². The number of imide groups is 1. The van der Waals surface area contributed by atoms with Crippen LogP contribution in [0.1, 0.15) is 60.2 Å². The average Bonchev–Trinajstić information content (AvgIpc) is 2.78. The molecule has 1 aromatic rings. The summed E-state index contributed by atoms with van der Waals surface area (Å²) in [6, 6.07) is 5.82. The molecule has 1 aromatic carbocycles. The van der Waals surface area contributed by atoms with Gasteiger partial charge in [0.2, 0.25) is 0 Å². The number of carbonyl (C=O) groups is 3. The van der Waals surface area contributed by atoms with Crippen molar-refractivity contribution in [3.8, 4) is 0 Å². The first-order valence-electron chi connectivity index (χ1n) is 7.75. The third-order valence-corrected chi connectivity index (χ3v) is 3.69. The predicted molar refractivity (Wildman–Crippen MR) is 81.5 cm³/mol. The number of carbonyl (C=O) groups excluding carboxylic acids is 3. The van der Waals surface area contributed by atoms with E-state index in [1.54, 1.807) is 24.3 Å². The molecule has 1 heterocycles. The summed E-state index contributed by atoms with van der Waals surface area (Å²) in [6.45, 7) is 4.19. The van der Waals surface area contributed by atoms with Crippen molar-refractivity contribution in [3.05, 3.63) is 35.4 Å². The Morgan fingerprint density at radius 3 is 2.18 bits per heavy atom. The smallest absolute Gasteiger partial charge is 0.329 e. The van der Waals surface area contributed by atoms with Gasteiger partial charge in [0, 0.05) is 0 Å². The Bertz CT molecular complexity index is 547. The van der Waals surface area contributed by atoms with Crippen LogP contribution in [-0.2, 0) is 9.53 Å². The summed E-state index contributed by atoms with van der Waals surface area (Å²) in [5, 5.41) is 0. The fraction of sp³-hybridized carbons (Fsp3) is 0.471. The van der Waals surface area contributed by atoms with Crippen LogP contribution in [0.25, 0.3) is 0 Å². The Labute approximate surface area is 130 Å². The number of nitrogens with zero attached hydrogens (tertiary/aromatic N) is 1. The van der Waals surface area contributed by atoms with Crippen LogP contribution in [0.2, 0.25) is 0 Å². The predicted octanol–water partition coefficient (Wildman–Crippen LogP) is 2.79. The van der Waals surface area contributed by atoms with E-state index in [9.17, 15) is 14.4 Å². The van der Waals surface area contributed by atoms with Gasteiger partial charge in [0.1, 0.15) is 6.04 Å². The van der Waals surface area contributed by atoms with E-state index in [0.29, 0.717) is 30.6 Å². The summed E-state index contributed by atoms with van der Waals surface area (Å²) in [4.78, 5) is 38.3. The second-order valence-corrected chi connectivity index (χ2v) is 5.35. The van der Waals surface area contributed by atoms with Gasteiger partial charge in [0.05, 0.1) is 17.7 Å². The van der Waals surface area contributed by atoms with Gasteiger partial charge < -0.3 is 4.74 Å². The van der Waals surface area contributed by atoms with E-state index in [0.717, 1.165) is 17.7 Å². The van der Waals surface area contributed by atoms with Crippen molar-refractivity contribution < 1.29 is 19.1 Å². The lowest BCUT2D eigenvalue weighted by Crippen LogP contribution is -2.45. The number of amides is 2. The fourth-order valence-corrected chi connectivity index (χ4v) is 2.54. The molecule has 118 valence electrons. The van der Waals surface area contributed by atoms with Crippen molar-refractivity contribution in [2.75, 3.05) is 6.61 Å². The molecule has 0 aromatic heterocycles. The largest absolute Gasteiger partial charge is 0.464 e. The van der Waals surface area contributed by atoms with Gasteiger partial charge in [-0.3, -0.25) is 14.5 Å². The molecule has 1 unspecified atom stereocenters. The van der Waals surface area contributed by atoms with Gasteiger partial charge in [-0.1, -0.05) is 38.8 Å². The highest BCUT2D eigenvalue weighted by Gasteiger charge is 2.42. The molecule has 5 nitrogen and oxygen atoms in total. The Balaban J connectivity index is 2.26. The summed E-state index contributed by atoms with van der Waals surface area (Å²) >= 11 is 0. The Hall–Kier alpha value is -2.17. The minimum Gasteiger partial charge on any atom is -0.464 e. The molecule has 0 fully saturated rings. The van der Waals surface area contributed by atoms with Gasteiger partial charge in [-0.15, -0.1) is 0 Å². The summed E-state index contributed by atoms with van der Waals surface area (Å²) in [6.07, 6.45) is 2.76. The van der Waals surface area contributed by atoms with E-state index in [1.165, 1.54) is 0 Å². The van der Waals surface area contributed by atoms with Crippen molar-refractivity contribution >= 4 is 17.8 Å². The van der Waals surface area contributed by atoms with Crippen molar-refractivity contribution in [1.82, 2.24) is 4.90 Å². The first kappa shape index (κ1) is 16.2. The van der Waals surface area contributed by atoms with Gasteiger partial charge in [0.15, 0.2) is 0 Å². The minimum absolute atomic E-state index is 0.296. The third-order valence-electron chi connectivity index (χ3n) is 3.69. The number of esters is 1. The van der Waals surface area contributed by atoms with E-state index < -0.39 is 23.8 Å². The standard InChI is InChI=1S/C17H21NO4/c1-3-5-10-14(17(21)22-11-4-2)18-15(19)12-8-6-7-9-13(12)16(18)20/h6-9,14H,3-5,10-11H2,1-2H3. The zero-order chi connectivity index (χ0) is 16.1. The maximum atomic E-state index is 12.5. The van der Waals surface area contributed by atoms with Crippen LogP contribution in [0.15, 0.2) is 24.3 Å². The Kier molecular flexibility index (Phi) is 5.31. The molecule has 5 heteroatoms. The lowest BCUT2D eigenvalue weighted by Gasteiger charge is -2.24. The Morgan fingerprint density at radius 2 is 1.68 bits per heavy atom. The molecule has 0 bridgehead atoms. The van der Waals surface area contributed by atoms with Crippen LogP contribution >= 0.6 is 0 Å². The monoisotopic (exact) mass is 303 g/mol. The first-order valence-corrected chi connectivity index (χ1v) is 7.75. The van der Waals surface area contributed by atoms with Crippen LogP contribution < -0.4 is 0 Å². The van der Waals surface area contributed by atoms with E-state index in [1.807, 2.05) is 13.8 Å². The number of hydrogen-bond donors (Lipinski definition) is 0. The summed E-state index contributed by atoms with van der Waals surface area (Å²) in [7, 11) is 0. The molecular weight excluding hydrogens is 282 g/mol. The molecule has 0 saturated carbocycles. The quantitative estimate of drug-likeness (QED) is 0.574. The van der Waals surface area contributed by atoms with Crippen molar-refractivity contribution in [1.29, 1.82) is 0 Å². The number of rotatable bonds is 7. The van der Waals surface area contributed by atoms with Gasteiger partial charge in [0.25, 0.3) is 11.8 Å². The van der Waals surface area contributed by atoms with Gasteiger partial charge in [-0.05, 0) is 25.0 Å². The number of fused-ring (bicyclic) bond motifs is 1. The zero-order valence-corrected chi connectivity index (χ0v) is 13.0. The van der Waals surface area contributed by atoms with E-state index in [-0.39, 0.29) is 0 Å². The number of unbranched alkanes of at least 4 members (excludes halogenated alkanes) is 1. The molecule has 0 spiro atoms. The highest BCUT2D eigenvalue weighted by molar-refractivity contribution is 6.22. The van der Waals surface area contributed by atoms with Crippen LogP contribution in [0.3, 0.4) is 0 Å². The number of hydrogen-bond acceptors (Lipinski definition) is 4. The van der Waals surface area contributed by atoms with Gasteiger partial charge in [-0.2, -0.15) is 0 Å². The average molecular weight is 303 g/mol. The molecule has 22 heavy (non-hydrogen) atoms. The lowest BCUT2D eigenvalue weighted by molar-refractivity contribution is -0.148. The third kappa shape index (κ3) is 3.03. The molecule has 0 N–H and O–H groups in total. The second kappa shape index (κ2) is 7.20. The molecule has 1 aliphatic heterocycles. The maximum Gasteiger partial charge on any atom is 0.329 e. The molecule has 1 aliphatic rings. The first-order chi connectivity index (χ1) is 10.6. The molecule has 1 atom stereocenters. The van der Waals surface area contributed by atoms with E-state index >= 15 is 0 Å². The van der Waals surface area contributed by atoms with Gasteiger partial charge >= 0.3 is 5.97 Å². The second-order valence-electron chi connectivity index (χ2n) is 5.35. The fourth-order valence-electron chi connectivity index (χ4n) is 2.54. The zero-order valence-electron chi connectivity index (χ0n) is 13.0. The van der Waals surface area contributed by atoms with Crippen molar-refractivity contribution in [2.45, 2.75) is 45.6 Å². The Morgan fingerprint density at radius 1 is 1.09 bits per heavy atom. The highest BCUT2D eigenvalue weighted by Crippen LogP contribution is 2.26. The van der Waals surface area contributed by atoms with Crippen molar-refractivity contribution in [2.24, 2.45) is 0 Å². The van der Waals surface area contributed by atoms with Crippen LogP contribution in [0.5, 0.6) is 0 Å². The topological polar surface area (TPSA) is 63.7 Å². The highest BCUT2D eigenvalue weighted by atomic mass is 16.5. The summed E-state index contributed by atoms with van der Waals surface area (Å²) in [5.74, 6) is -1.31. The maximum absolute atomic E-state index is 12.5. The molecule has 2 rings (SSSR count). The lowest BCUT2D eigenvalue weighted by atomic mass is 10.1. The normalized spacial score (nSPS) is 14.9. The molecule has 0 aliphatic carbocycles. The van der Waals surface area contributed by atoms with Gasteiger partial charge in [-0.25, -0.2) is 4.79 Å². The molecule has 0 saturated heterocycles. The molecule has 2 amide bonds. The minimum atomic E-state index is -0.834. The number of ether oxygens (including phenoxy) is 1. The van der Waals surface area contributed by atoms with Crippen LogP contribution in [0.4, 0.5) is 0 Å². The van der Waals surface area contributed by atoms with Crippen LogP contribution in [-0.4, -0.2) is 35.3 Å². The number of benzene rings is 1. The molecule has 0 radical (unpaired) electrons. The van der Waals surface area contributed by atoms with Crippen LogP contribution in [0, 0.1) is 0 Å².